The van der Waals surface area contributed by atoms with Crippen LogP contribution in [-0.4, -0.2) is 54.1 Å². The monoisotopic (exact) mass is 654 g/mol. The zero-order valence-electron chi connectivity index (χ0n) is 27.1. The lowest BCUT2D eigenvalue weighted by Gasteiger charge is -2.37. The summed E-state index contributed by atoms with van der Waals surface area (Å²) < 4.78 is 7.91. The molecule has 2 aromatic carbocycles. The Hall–Kier alpha value is -3.59. The normalized spacial score (nSPS) is 23.6. The van der Waals surface area contributed by atoms with Crippen LogP contribution in [0.25, 0.3) is 5.69 Å². The van der Waals surface area contributed by atoms with Gasteiger partial charge in [0.1, 0.15) is 0 Å². The van der Waals surface area contributed by atoms with E-state index in [0.29, 0.717) is 16.9 Å². The topological polar surface area (TPSA) is 48.8 Å². The summed E-state index contributed by atoms with van der Waals surface area (Å²) in [6, 6.07) is 23.5. The van der Waals surface area contributed by atoms with E-state index >= 15 is 0 Å². The van der Waals surface area contributed by atoms with Crippen molar-refractivity contribution in [2.45, 2.75) is 46.2 Å². The van der Waals surface area contributed by atoms with Gasteiger partial charge in [0.25, 0.3) is 0 Å². The molecule has 7 nitrogen and oxygen atoms in total. The third kappa shape index (κ3) is 5.87. The highest BCUT2D eigenvalue weighted by Gasteiger charge is 2.42. The fraction of sp³-hybridized carbons (Fsp3) is 0.405. The average molecular weight is 655 g/mol. The Labute approximate surface area is 283 Å². The van der Waals surface area contributed by atoms with Crippen LogP contribution in [0, 0.1) is 25.7 Å². The number of hydrogen-bond donors (Lipinski definition) is 1. The van der Waals surface area contributed by atoms with Crippen LogP contribution in [0.3, 0.4) is 0 Å². The molecule has 0 amide bonds. The van der Waals surface area contributed by atoms with E-state index in [0.717, 1.165) is 67.2 Å². The number of halogens is 1. The number of morpholine rings is 1. The van der Waals surface area contributed by atoms with Crippen molar-refractivity contribution in [3.05, 3.63) is 101 Å². The molecule has 3 aliphatic rings. The van der Waals surface area contributed by atoms with E-state index in [4.69, 9.17) is 33.5 Å². The Kier molecular flexibility index (Phi) is 8.70. The van der Waals surface area contributed by atoms with Crippen LogP contribution in [0.1, 0.15) is 55.0 Å². The molecule has 0 saturated carbocycles. The van der Waals surface area contributed by atoms with E-state index < -0.39 is 0 Å². The Balaban J connectivity index is 1.26. The van der Waals surface area contributed by atoms with Crippen LogP contribution in [0.2, 0.25) is 5.02 Å². The van der Waals surface area contributed by atoms with E-state index in [1.807, 2.05) is 18.3 Å². The summed E-state index contributed by atoms with van der Waals surface area (Å²) >= 11 is 13.2. The first-order valence-electron chi connectivity index (χ1n) is 16.5. The Morgan fingerprint density at radius 2 is 1.57 bits per heavy atom. The minimum Gasteiger partial charge on any atom is -0.378 e. The van der Waals surface area contributed by atoms with Gasteiger partial charge in [-0.05, 0) is 111 Å². The Bertz CT molecular complexity index is 1690. The molecule has 1 N–H and O–H groups in total. The lowest BCUT2D eigenvalue weighted by Crippen LogP contribution is -2.38. The van der Waals surface area contributed by atoms with Crippen LogP contribution in [0.5, 0.6) is 0 Å². The molecule has 9 heteroatoms. The summed E-state index contributed by atoms with van der Waals surface area (Å²) in [5, 5.41) is 5.06. The van der Waals surface area contributed by atoms with Crippen molar-refractivity contribution in [2.75, 3.05) is 54.1 Å². The van der Waals surface area contributed by atoms with Crippen LogP contribution in [0.15, 0.2) is 72.9 Å². The van der Waals surface area contributed by atoms with Gasteiger partial charge in [-0.15, -0.1) is 0 Å². The molecule has 7 rings (SSSR count). The smallest absolute Gasteiger partial charge is 0.174 e. The fourth-order valence-corrected chi connectivity index (χ4v) is 8.47. The zero-order chi connectivity index (χ0) is 31.9. The minimum atomic E-state index is -0.131. The molecule has 4 atom stereocenters. The van der Waals surface area contributed by atoms with Crippen molar-refractivity contribution < 1.29 is 4.74 Å². The van der Waals surface area contributed by atoms with Crippen molar-refractivity contribution in [3.63, 3.8) is 0 Å². The molecule has 2 aromatic heterocycles. The second-order valence-electron chi connectivity index (χ2n) is 13.3. The van der Waals surface area contributed by atoms with Crippen molar-refractivity contribution in [2.24, 2.45) is 11.8 Å². The van der Waals surface area contributed by atoms with E-state index in [2.05, 4.69) is 107 Å². The van der Waals surface area contributed by atoms with Crippen LogP contribution < -0.4 is 20.0 Å². The molecular formula is C37H43ClN6OS. The number of ether oxygens (including phenoxy) is 1. The second kappa shape index (κ2) is 12.9. The first-order valence-corrected chi connectivity index (χ1v) is 17.2. The molecular weight excluding hydrogens is 612 g/mol. The van der Waals surface area contributed by atoms with Gasteiger partial charge in [-0.1, -0.05) is 31.5 Å². The molecule has 3 fully saturated rings. The van der Waals surface area contributed by atoms with Crippen molar-refractivity contribution in [3.8, 4) is 5.69 Å². The Morgan fingerprint density at radius 1 is 0.870 bits per heavy atom. The van der Waals surface area contributed by atoms with E-state index in [-0.39, 0.29) is 12.1 Å². The van der Waals surface area contributed by atoms with Gasteiger partial charge in [0.2, 0.25) is 0 Å². The van der Waals surface area contributed by atoms with Gasteiger partial charge < -0.3 is 29.3 Å². The van der Waals surface area contributed by atoms with Gasteiger partial charge in [0.05, 0.1) is 41.7 Å². The highest BCUT2D eigenvalue weighted by molar-refractivity contribution is 7.80. The minimum absolute atomic E-state index is 0.119. The first-order chi connectivity index (χ1) is 22.3. The highest BCUT2D eigenvalue weighted by Crippen LogP contribution is 2.45. The van der Waals surface area contributed by atoms with Crippen molar-refractivity contribution >= 4 is 46.0 Å². The second-order valence-corrected chi connectivity index (χ2v) is 14.1. The van der Waals surface area contributed by atoms with Gasteiger partial charge in [-0.3, -0.25) is 4.98 Å². The molecule has 0 aliphatic carbocycles. The predicted molar refractivity (Wildman–Crippen MR) is 193 cm³/mol. The largest absolute Gasteiger partial charge is 0.378 e. The molecule has 240 valence electrons. The summed E-state index contributed by atoms with van der Waals surface area (Å²) in [6.45, 7) is 14.5. The van der Waals surface area contributed by atoms with E-state index in [1.54, 1.807) is 0 Å². The maximum Gasteiger partial charge on any atom is 0.174 e. The molecule has 5 heterocycles. The average Bonchev–Trinajstić information content (AvgIpc) is 3.55. The summed E-state index contributed by atoms with van der Waals surface area (Å²) in [6.07, 6.45) is 3.11. The Morgan fingerprint density at radius 3 is 2.24 bits per heavy atom. The number of benzene rings is 2. The van der Waals surface area contributed by atoms with Crippen molar-refractivity contribution in [1.82, 2.24) is 14.9 Å². The number of thiocarbonyl (C=S) groups is 1. The summed E-state index contributed by atoms with van der Waals surface area (Å²) in [5.74, 6) is 1.29. The van der Waals surface area contributed by atoms with Gasteiger partial charge in [-0.25, -0.2) is 0 Å². The number of aromatic nitrogens is 2. The van der Waals surface area contributed by atoms with Gasteiger partial charge in [0, 0.05) is 60.8 Å². The summed E-state index contributed by atoms with van der Waals surface area (Å²) in [5.41, 5.74) is 8.96. The number of pyridine rings is 1. The SMILES string of the molecule is Cc1cc([C@@H]2[C@H](c3ccccn3)NC(=S)N2c2ccc(N3C[C@H](C)C[C@H](C)C3)c(Cl)c2)c(C)n1-c1ccc(N2CCOCC2)cc1. The third-order valence-corrected chi connectivity index (χ3v) is 10.4. The number of nitrogens with one attached hydrogen (secondary N) is 1. The lowest BCUT2D eigenvalue weighted by atomic mass is 9.91. The van der Waals surface area contributed by atoms with E-state index in [9.17, 15) is 0 Å². The number of aryl methyl sites for hydroxylation is 1. The molecule has 0 bridgehead atoms. The number of anilines is 3. The lowest BCUT2D eigenvalue weighted by molar-refractivity contribution is 0.122. The number of nitrogens with zero attached hydrogens (tertiary/aromatic N) is 5. The molecule has 0 unspecified atom stereocenters. The van der Waals surface area contributed by atoms with Crippen LogP contribution in [-0.2, 0) is 4.74 Å². The number of rotatable bonds is 6. The quantitative estimate of drug-likeness (QED) is 0.215. The van der Waals surface area contributed by atoms with Crippen LogP contribution in [0.4, 0.5) is 17.1 Å². The molecule has 4 aromatic rings. The molecule has 3 saturated heterocycles. The molecule has 0 radical (unpaired) electrons. The highest BCUT2D eigenvalue weighted by atomic mass is 35.5. The number of hydrogen-bond acceptors (Lipinski definition) is 5. The first kappa shape index (κ1) is 31.0. The third-order valence-electron chi connectivity index (χ3n) is 9.79. The van der Waals surface area contributed by atoms with Gasteiger partial charge >= 0.3 is 0 Å². The van der Waals surface area contributed by atoms with E-state index in [1.165, 1.54) is 29.1 Å². The molecule has 3 aliphatic heterocycles. The van der Waals surface area contributed by atoms with Gasteiger partial charge in [-0.2, -0.15) is 0 Å². The summed E-state index contributed by atoms with van der Waals surface area (Å²) in [7, 11) is 0. The molecule has 46 heavy (non-hydrogen) atoms. The zero-order valence-corrected chi connectivity index (χ0v) is 28.7. The molecule has 0 spiro atoms. The predicted octanol–water partition coefficient (Wildman–Crippen LogP) is 7.64. The maximum absolute atomic E-state index is 7.08. The standard InChI is InChI=1S/C37H43ClN6OS/c1-24-19-25(2)23-42(22-24)34-13-12-30(21-32(34)38)44-36(35(40-37(44)46)33-7-5-6-14-39-33)31-20-26(3)43(27(31)4)29-10-8-28(9-11-29)41-15-17-45-18-16-41/h5-14,20-21,24-25,35-36H,15-19,22-23H2,1-4H3,(H,40,46)/t24-,25+,35-,36+/m0/s1. The summed E-state index contributed by atoms with van der Waals surface area (Å²) in [4.78, 5) is 11.8. The van der Waals surface area contributed by atoms with Gasteiger partial charge in [0.15, 0.2) is 5.11 Å². The maximum atomic E-state index is 7.08. The van der Waals surface area contributed by atoms with Crippen LogP contribution >= 0.6 is 23.8 Å². The van der Waals surface area contributed by atoms with Crippen molar-refractivity contribution in [1.29, 1.82) is 0 Å². The fourth-order valence-electron chi connectivity index (χ4n) is 7.83. The number of piperidine rings is 1.